The largest absolute Gasteiger partial charge is 0.464 e. The van der Waals surface area contributed by atoms with E-state index in [2.05, 4.69) is 5.32 Å². The Kier molecular flexibility index (Phi) is 8.16. The number of amides is 1. The molecule has 0 fully saturated rings. The van der Waals surface area contributed by atoms with E-state index in [4.69, 9.17) is 16.3 Å². The van der Waals surface area contributed by atoms with Crippen LogP contribution in [-0.4, -0.2) is 25.0 Å². The van der Waals surface area contributed by atoms with E-state index >= 15 is 0 Å². The minimum Gasteiger partial charge on any atom is -0.464 e. The number of aryl methyl sites for hydroxylation is 3. The summed E-state index contributed by atoms with van der Waals surface area (Å²) in [5.41, 5.74) is 3.27. The second-order valence-electron chi connectivity index (χ2n) is 6.15. The van der Waals surface area contributed by atoms with Crippen LogP contribution in [0.15, 0.2) is 48.5 Å². The van der Waals surface area contributed by atoms with Crippen LogP contribution < -0.4 is 5.32 Å². The zero-order valence-corrected chi connectivity index (χ0v) is 15.7. The van der Waals surface area contributed by atoms with Gasteiger partial charge in [-0.3, -0.25) is 9.59 Å². The van der Waals surface area contributed by atoms with E-state index in [0.717, 1.165) is 11.1 Å². The van der Waals surface area contributed by atoms with Crippen LogP contribution in [0, 0.1) is 6.92 Å². The number of carbonyl (C=O) groups excluding carboxylic acids is 2. The summed E-state index contributed by atoms with van der Waals surface area (Å²) in [6, 6.07) is 15.6. The van der Waals surface area contributed by atoms with E-state index in [1.54, 1.807) is 6.07 Å². The Labute approximate surface area is 159 Å². The van der Waals surface area contributed by atoms with Gasteiger partial charge in [0.2, 0.25) is 5.91 Å². The quantitative estimate of drug-likeness (QED) is 0.536. The highest BCUT2D eigenvalue weighted by atomic mass is 35.5. The average molecular weight is 374 g/mol. The number of esters is 1. The van der Waals surface area contributed by atoms with Gasteiger partial charge in [0.1, 0.15) is 6.61 Å². The van der Waals surface area contributed by atoms with E-state index in [0.29, 0.717) is 30.8 Å². The fraction of sp³-hybridized carbons (Fsp3) is 0.333. The SMILES string of the molecule is Cc1ccc(CCC(=O)NCCOC(=O)CCc2ccccc2Cl)cc1. The molecule has 0 aliphatic carbocycles. The highest BCUT2D eigenvalue weighted by molar-refractivity contribution is 6.31. The molecule has 0 atom stereocenters. The molecule has 0 radical (unpaired) electrons. The fourth-order valence-electron chi connectivity index (χ4n) is 2.47. The first-order valence-corrected chi connectivity index (χ1v) is 9.13. The molecule has 26 heavy (non-hydrogen) atoms. The minimum atomic E-state index is -0.293. The Balaban J connectivity index is 1.56. The van der Waals surface area contributed by atoms with Crippen molar-refractivity contribution in [1.82, 2.24) is 5.32 Å². The number of halogens is 1. The number of rotatable bonds is 9. The molecule has 138 valence electrons. The number of carbonyl (C=O) groups is 2. The summed E-state index contributed by atoms with van der Waals surface area (Å²) < 4.78 is 5.13. The van der Waals surface area contributed by atoms with Crippen LogP contribution in [0.5, 0.6) is 0 Å². The summed E-state index contributed by atoms with van der Waals surface area (Å²) in [6.45, 7) is 2.54. The molecule has 1 N–H and O–H groups in total. The van der Waals surface area contributed by atoms with Crippen molar-refractivity contribution < 1.29 is 14.3 Å². The van der Waals surface area contributed by atoms with Crippen molar-refractivity contribution >= 4 is 23.5 Å². The second-order valence-corrected chi connectivity index (χ2v) is 6.55. The Morgan fingerprint density at radius 2 is 1.73 bits per heavy atom. The van der Waals surface area contributed by atoms with Gasteiger partial charge < -0.3 is 10.1 Å². The smallest absolute Gasteiger partial charge is 0.306 e. The number of benzene rings is 2. The molecular formula is C21H24ClNO3. The number of hydrogen-bond acceptors (Lipinski definition) is 3. The van der Waals surface area contributed by atoms with Crippen LogP contribution in [0.2, 0.25) is 5.02 Å². The van der Waals surface area contributed by atoms with Crippen molar-refractivity contribution in [1.29, 1.82) is 0 Å². The van der Waals surface area contributed by atoms with Crippen molar-refractivity contribution in [3.63, 3.8) is 0 Å². The summed E-state index contributed by atoms with van der Waals surface area (Å²) in [6.07, 6.45) is 1.93. The van der Waals surface area contributed by atoms with E-state index in [1.165, 1.54) is 5.56 Å². The van der Waals surface area contributed by atoms with Gasteiger partial charge in [0.15, 0.2) is 0 Å². The lowest BCUT2D eigenvalue weighted by Crippen LogP contribution is -2.28. The van der Waals surface area contributed by atoms with Crippen molar-refractivity contribution in [2.45, 2.75) is 32.6 Å². The summed E-state index contributed by atoms with van der Waals surface area (Å²) in [4.78, 5) is 23.5. The van der Waals surface area contributed by atoms with Gasteiger partial charge in [0.05, 0.1) is 6.54 Å². The van der Waals surface area contributed by atoms with Gasteiger partial charge in [-0.2, -0.15) is 0 Å². The standard InChI is InChI=1S/C21H24ClNO3/c1-16-6-8-17(9-7-16)10-12-20(24)23-14-15-26-21(25)13-11-18-4-2-3-5-19(18)22/h2-9H,10-15H2,1H3,(H,23,24). The lowest BCUT2D eigenvalue weighted by atomic mass is 10.1. The Morgan fingerprint density at radius 3 is 2.46 bits per heavy atom. The maximum atomic E-state index is 11.8. The molecule has 2 aromatic rings. The molecule has 0 aliphatic heterocycles. The zero-order chi connectivity index (χ0) is 18.8. The molecule has 0 spiro atoms. The summed E-state index contributed by atoms with van der Waals surface area (Å²) in [5.74, 6) is -0.337. The molecule has 0 saturated heterocycles. The molecule has 2 rings (SSSR count). The van der Waals surface area contributed by atoms with Gasteiger partial charge in [-0.1, -0.05) is 59.6 Å². The molecule has 0 heterocycles. The lowest BCUT2D eigenvalue weighted by Gasteiger charge is -2.08. The third kappa shape index (κ3) is 7.28. The maximum absolute atomic E-state index is 11.8. The van der Waals surface area contributed by atoms with E-state index < -0.39 is 0 Å². The van der Waals surface area contributed by atoms with Gasteiger partial charge in [0, 0.05) is 17.9 Å². The molecule has 0 saturated carbocycles. The summed E-state index contributed by atoms with van der Waals surface area (Å²) in [7, 11) is 0. The first-order chi connectivity index (χ1) is 12.5. The van der Waals surface area contributed by atoms with Crippen LogP contribution in [0.3, 0.4) is 0 Å². The Bertz CT molecular complexity index is 728. The van der Waals surface area contributed by atoms with Crippen LogP contribution in [0.25, 0.3) is 0 Å². The zero-order valence-electron chi connectivity index (χ0n) is 15.0. The number of nitrogens with one attached hydrogen (secondary N) is 1. The highest BCUT2D eigenvalue weighted by Crippen LogP contribution is 2.16. The van der Waals surface area contributed by atoms with Gasteiger partial charge in [0.25, 0.3) is 0 Å². The highest BCUT2D eigenvalue weighted by Gasteiger charge is 2.07. The molecule has 0 aromatic heterocycles. The molecular weight excluding hydrogens is 350 g/mol. The summed E-state index contributed by atoms with van der Waals surface area (Å²) >= 11 is 6.05. The second kappa shape index (κ2) is 10.6. The van der Waals surface area contributed by atoms with Crippen LogP contribution in [0.4, 0.5) is 0 Å². The minimum absolute atomic E-state index is 0.0438. The van der Waals surface area contributed by atoms with Crippen molar-refractivity contribution in [2.24, 2.45) is 0 Å². The maximum Gasteiger partial charge on any atom is 0.306 e. The molecule has 0 aliphatic rings. The fourth-order valence-corrected chi connectivity index (χ4v) is 2.70. The van der Waals surface area contributed by atoms with Crippen molar-refractivity contribution in [3.05, 3.63) is 70.2 Å². The van der Waals surface area contributed by atoms with E-state index in [9.17, 15) is 9.59 Å². The number of hydrogen-bond donors (Lipinski definition) is 1. The van der Waals surface area contributed by atoms with Crippen molar-refractivity contribution in [2.75, 3.05) is 13.2 Å². The Morgan fingerprint density at radius 1 is 1.00 bits per heavy atom. The van der Waals surface area contributed by atoms with E-state index in [-0.39, 0.29) is 24.9 Å². The van der Waals surface area contributed by atoms with Gasteiger partial charge in [-0.25, -0.2) is 0 Å². The predicted molar refractivity (Wildman–Crippen MR) is 103 cm³/mol. The number of ether oxygens (including phenoxy) is 1. The first-order valence-electron chi connectivity index (χ1n) is 8.76. The monoisotopic (exact) mass is 373 g/mol. The first kappa shape index (κ1) is 20.0. The van der Waals surface area contributed by atoms with Crippen LogP contribution >= 0.6 is 11.6 Å². The molecule has 2 aromatic carbocycles. The lowest BCUT2D eigenvalue weighted by molar-refractivity contribution is -0.143. The third-order valence-corrected chi connectivity index (χ3v) is 4.37. The molecule has 4 nitrogen and oxygen atoms in total. The molecule has 5 heteroatoms. The topological polar surface area (TPSA) is 55.4 Å². The average Bonchev–Trinajstić information content (AvgIpc) is 2.64. The van der Waals surface area contributed by atoms with Crippen LogP contribution in [0.1, 0.15) is 29.5 Å². The van der Waals surface area contributed by atoms with E-state index in [1.807, 2.05) is 49.4 Å². The van der Waals surface area contributed by atoms with Gasteiger partial charge in [-0.05, 0) is 37.0 Å². The predicted octanol–water partition coefficient (Wildman–Crippen LogP) is 3.87. The third-order valence-electron chi connectivity index (χ3n) is 4.00. The van der Waals surface area contributed by atoms with Gasteiger partial charge in [-0.15, -0.1) is 0 Å². The Hall–Kier alpha value is -2.33. The normalized spacial score (nSPS) is 10.4. The summed E-state index contributed by atoms with van der Waals surface area (Å²) in [5, 5.41) is 3.42. The van der Waals surface area contributed by atoms with Crippen molar-refractivity contribution in [3.8, 4) is 0 Å². The molecule has 1 amide bonds. The molecule has 0 unspecified atom stereocenters. The molecule has 0 bridgehead atoms. The van der Waals surface area contributed by atoms with Crippen LogP contribution in [-0.2, 0) is 27.2 Å². The van der Waals surface area contributed by atoms with Gasteiger partial charge >= 0.3 is 5.97 Å².